The second kappa shape index (κ2) is 4.05. The van der Waals surface area contributed by atoms with Crippen LogP contribution < -0.4 is 0 Å². The first-order valence-corrected chi connectivity index (χ1v) is 5.47. The summed E-state index contributed by atoms with van der Waals surface area (Å²) in [5.41, 5.74) is 6.84. The van der Waals surface area contributed by atoms with Crippen molar-refractivity contribution in [3.63, 3.8) is 0 Å². The summed E-state index contributed by atoms with van der Waals surface area (Å²) in [6.07, 6.45) is 0. The molecule has 0 unspecified atom stereocenters. The molecule has 1 aromatic heterocycles. The molecular weight excluding hydrogens is 196 g/mol. The predicted molar refractivity (Wildman–Crippen MR) is 66.4 cm³/mol. The number of benzene rings is 1. The number of hydrogen-bond acceptors (Lipinski definition) is 2. The summed E-state index contributed by atoms with van der Waals surface area (Å²) in [5.74, 6) is 0. The molecule has 0 N–H and O–H groups in total. The van der Waals surface area contributed by atoms with Crippen molar-refractivity contribution in [1.29, 1.82) is 0 Å². The molecule has 0 aliphatic rings. The van der Waals surface area contributed by atoms with Gasteiger partial charge in [0.25, 0.3) is 0 Å². The lowest BCUT2D eigenvalue weighted by molar-refractivity contribution is 0.951. The van der Waals surface area contributed by atoms with E-state index in [-0.39, 0.29) is 0 Å². The largest absolute Gasteiger partial charge is 0.155 e. The van der Waals surface area contributed by atoms with Crippen molar-refractivity contribution < 1.29 is 0 Å². The van der Waals surface area contributed by atoms with Gasteiger partial charge in [0.15, 0.2) is 0 Å². The molecule has 0 atom stereocenters. The summed E-state index contributed by atoms with van der Waals surface area (Å²) < 4.78 is 0. The van der Waals surface area contributed by atoms with E-state index in [2.05, 4.69) is 55.2 Å². The van der Waals surface area contributed by atoms with E-state index in [9.17, 15) is 0 Å². The van der Waals surface area contributed by atoms with Gasteiger partial charge >= 0.3 is 0 Å². The Labute approximate surface area is 96.4 Å². The number of nitrogens with zero attached hydrogens (tertiary/aromatic N) is 2. The lowest BCUT2D eigenvalue weighted by Gasteiger charge is -2.09. The van der Waals surface area contributed by atoms with Crippen molar-refractivity contribution in [3.05, 3.63) is 46.6 Å². The van der Waals surface area contributed by atoms with E-state index < -0.39 is 0 Å². The normalized spacial score (nSPS) is 10.5. The molecule has 2 nitrogen and oxygen atoms in total. The molecule has 0 bridgehead atoms. The van der Waals surface area contributed by atoms with Crippen molar-refractivity contribution >= 4 is 0 Å². The van der Waals surface area contributed by atoms with Crippen LogP contribution in [0.25, 0.3) is 11.3 Å². The topological polar surface area (TPSA) is 25.8 Å². The molecule has 0 saturated carbocycles. The van der Waals surface area contributed by atoms with Crippen LogP contribution in [-0.2, 0) is 0 Å². The summed E-state index contributed by atoms with van der Waals surface area (Å²) >= 11 is 0. The van der Waals surface area contributed by atoms with Crippen LogP contribution in [0.5, 0.6) is 0 Å². The molecule has 0 amide bonds. The van der Waals surface area contributed by atoms with Gasteiger partial charge in [-0.25, -0.2) is 0 Å². The third-order valence-electron chi connectivity index (χ3n) is 3.09. The molecule has 0 fully saturated rings. The Kier molecular flexibility index (Phi) is 2.73. The first kappa shape index (κ1) is 10.8. The molecule has 82 valence electrons. The zero-order chi connectivity index (χ0) is 11.7. The van der Waals surface area contributed by atoms with Gasteiger partial charge in [0.1, 0.15) is 0 Å². The maximum atomic E-state index is 4.29. The minimum absolute atomic E-state index is 0.989. The molecule has 1 aromatic carbocycles. The quantitative estimate of drug-likeness (QED) is 0.724. The fourth-order valence-corrected chi connectivity index (χ4v) is 1.71. The molecule has 0 spiro atoms. The van der Waals surface area contributed by atoms with E-state index >= 15 is 0 Å². The van der Waals surface area contributed by atoms with Gasteiger partial charge in [0.05, 0.1) is 11.4 Å². The van der Waals surface area contributed by atoms with Crippen LogP contribution in [0, 0.1) is 27.7 Å². The molecular formula is C14H16N2. The smallest absolute Gasteiger partial charge is 0.0961 e. The van der Waals surface area contributed by atoms with Gasteiger partial charge in [-0.3, -0.25) is 0 Å². The third kappa shape index (κ3) is 1.83. The molecule has 0 radical (unpaired) electrons. The average Bonchev–Trinajstić information content (AvgIpc) is 2.28. The summed E-state index contributed by atoms with van der Waals surface area (Å²) in [7, 11) is 0. The van der Waals surface area contributed by atoms with Crippen molar-refractivity contribution in [2.45, 2.75) is 27.7 Å². The molecule has 0 aliphatic heterocycles. The molecule has 2 rings (SSSR count). The molecule has 0 aliphatic carbocycles. The lowest BCUT2D eigenvalue weighted by atomic mass is 10.0. The van der Waals surface area contributed by atoms with Crippen LogP contribution in [0.15, 0.2) is 24.3 Å². The Hall–Kier alpha value is -1.70. The first-order valence-electron chi connectivity index (χ1n) is 5.47. The highest BCUT2D eigenvalue weighted by Crippen LogP contribution is 2.23. The van der Waals surface area contributed by atoms with Crippen LogP contribution in [0.3, 0.4) is 0 Å². The Morgan fingerprint density at radius 2 is 1.38 bits per heavy atom. The number of aromatic nitrogens is 2. The van der Waals surface area contributed by atoms with Crippen molar-refractivity contribution in [2.24, 2.45) is 0 Å². The van der Waals surface area contributed by atoms with E-state index in [1.165, 1.54) is 16.7 Å². The highest BCUT2D eigenvalue weighted by atomic mass is 15.1. The maximum absolute atomic E-state index is 4.29. The molecule has 2 aromatic rings. The SMILES string of the molecule is Cc1ccc(-c2nnc(C)c(C)c2C)cc1. The zero-order valence-corrected chi connectivity index (χ0v) is 10.2. The fraction of sp³-hybridized carbons (Fsp3) is 0.286. The minimum atomic E-state index is 0.989. The first-order chi connectivity index (χ1) is 7.59. The molecule has 2 heteroatoms. The Bertz CT molecular complexity index is 513. The minimum Gasteiger partial charge on any atom is -0.155 e. The summed E-state index contributed by atoms with van der Waals surface area (Å²) in [4.78, 5) is 0. The highest BCUT2D eigenvalue weighted by molar-refractivity contribution is 5.64. The van der Waals surface area contributed by atoms with E-state index in [4.69, 9.17) is 0 Å². The zero-order valence-electron chi connectivity index (χ0n) is 10.2. The van der Waals surface area contributed by atoms with Crippen molar-refractivity contribution in [1.82, 2.24) is 10.2 Å². The fourth-order valence-electron chi connectivity index (χ4n) is 1.71. The van der Waals surface area contributed by atoms with E-state index in [0.717, 1.165) is 17.0 Å². The summed E-state index contributed by atoms with van der Waals surface area (Å²) in [5, 5.41) is 8.48. The van der Waals surface area contributed by atoms with Crippen molar-refractivity contribution in [3.8, 4) is 11.3 Å². The number of rotatable bonds is 1. The van der Waals surface area contributed by atoms with Gasteiger partial charge in [-0.05, 0) is 38.8 Å². The summed E-state index contributed by atoms with van der Waals surface area (Å²) in [6.45, 7) is 8.28. The molecule has 1 heterocycles. The lowest BCUT2D eigenvalue weighted by Crippen LogP contribution is -1.98. The molecule has 16 heavy (non-hydrogen) atoms. The average molecular weight is 212 g/mol. The van der Waals surface area contributed by atoms with E-state index in [1.807, 2.05) is 6.92 Å². The monoisotopic (exact) mass is 212 g/mol. The third-order valence-corrected chi connectivity index (χ3v) is 3.09. The highest BCUT2D eigenvalue weighted by Gasteiger charge is 2.08. The predicted octanol–water partition coefficient (Wildman–Crippen LogP) is 3.38. The van der Waals surface area contributed by atoms with E-state index in [0.29, 0.717) is 0 Å². The Morgan fingerprint density at radius 1 is 0.750 bits per heavy atom. The molecule has 0 saturated heterocycles. The second-order valence-corrected chi connectivity index (χ2v) is 4.25. The van der Waals surface area contributed by atoms with Gasteiger partial charge in [-0.2, -0.15) is 5.10 Å². The van der Waals surface area contributed by atoms with Gasteiger partial charge in [0, 0.05) is 5.56 Å². The van der Waals surface area contributed by atoms with Crippen LogP contribution in [-0.4, -0.2) is 10.2 Å². The van der Waals surface area contributed by atoms with E-state index in [1.54, 1.807) is 0 Å². The van der Waals surface area contributed by atoms with Crippen LogP contribution >= 0.6 is 0 Å². The Morgan fingerprint density at radius 3 is 2.00 bits per heavy atom. The standard InChI is InChI=1S/C14H16N2/c1-9-5-7-13(8-6-9)14-11(3)10(2)12(4)15-16-14/h5-8H,1-4H3. The van der Waals surface area contributed by atoms with Gasteiger partial charge in [-0.15, -0.1) is 5.10 Å². The number of hydrogen-bond donors (Lipinski definition) is 0. The van der Waals surface area contributed by atoms with Crippen molar-refractivity contribution in [2.75, 3.05) is 0 Å². The Balaban J connectivity index is 2.57. The van der Waals surface area contributed by atoms with Gasteiger partial charge in [0.2, 0.25) is 0 Å². The van der Waals surface area contributed by atoms with Gasteiger partial charge in [-0.1, -0.05) is 29.8 Å². The second-order valence-electron chi connectivity index (χ2n) is 4.25. The summed E-state index contributed by atoms with van der Waals surface area (Å²) in [6, 6.07) is 8.40. The maximum Gasteiger partial charge on any atom is 0.0961 e. The van der Waals surface area contributed by atoms with Crippen LogP contribution in [0.2, 0.25) is 0 Å². The van der Waals surface area contributed by atoms with Crippen LogP contribution in [0.4, 0.5) is 0 Å². The van der Waals surface area contributed by atoms with Gasteiger partial charge < -0.3 is 0 Å². The van der Waals surface area contributed by atoms with Crippen LogP contribution in [0.1, 0.15) is 22.4 Å². The number of aryl methyl sites for hydroxylation is 2.